The largest absolute Gasteiger partial charge is 0.496 e. The predicted octanol–water partition coefficient (Wildman–Crippen LogP) is 9.20. The van der Waals surface area contributed by atoms with Crippen LogP contribution < -0.4 is 20.5 Å². The minimum absolute atomic E-state index is 0.139. The monoisotopic (exact) mass is 755 g/mol. The van der Waals surface area contributed by atoms with Crippen molar-refractivity contribution in [2.45, 2.75) is 94.9 Å². The van der Waals surface area contributed by atoms with E-state index in [0.29, 0.717) is 60.1 Å². The first kappa shape index (κ1) is 39.9. The van der Waals surface area contributed by atoms with E-state index in [1.54, 1.807) is 18.2 Å². The highest BCUT2D eigenvalue weighted by atomic mass is 19.4. The van der Waals surface area contributed by atoms with Crippen molar-refractivity contribution in [3.05, 3.63) is 119 Å². The number of halogens is 3. The van der Waals surface area contributed by atoms with Gasteiger partial charge in [-0.2, -0.15) is 13.2 Å². The molecule has 55 heavy (non-hydrogen) atoms. The normalized spacial score (nSPS) is 15.3. The molecule has 2 aliphatic rings. The van der Waals surface area contributed by atoms with E-state index in [1.807, 2.05) is 48.5 Å². The molecule has 0 aromatic heterocycles. The van der Waals surface area contributed by atoms with Crippen LogP contribution in [0.1, 0.15) is 97.9 Å². The summed E-state index contributed by atoms with van der Waals surface area (Å²) in [5.74, 6) is 0.500. The number of nitrogens with two attached hydrogens (primary N) is 1. The molecule has 10 heteroatoms. The molecule has 0 saturated heterocycles. The first-order valence-electron chi connectivity index (χ1n) is 19.5. The maximum absolute atomic E-state index is 15.1. The number of hydrogen-bond acceptors (Lipinski definition) is 5. The molecule has 6 rings (SSSR count). The number of ether oxygens (including phenoxy) is 2. The van der Waals surface area contributed by atoms with Gasteiger partial charge in [-0.05, 0) is 83.5 Å². The summed E-state index contributed by atoms with van der Waals surface area (Å²) in [5.41, 5.74) is 9.86. The molecule has 7 nitrogen and oxygen atoms in total. The molecule has 2 aliphatic carbocycles. The van der Waals surface area contributed by atoms with Gasteiger partial charge in [0.15, 0.2) is 0 Å². The van der Waals surface area contributed by atoms with Crippen LogP contribution in [-0.4, -0.2) is 49.6 Å². The van der Waals surface area contributed by atoms with E-state index in [9.17, 15) is 18.0 Å². The number of carbonyl (C=O) groups excluding carboxylic acids is 2. The van der Waals surface area contributed by atoms with Crippen LogP contribution in [-0.2, 0) is 28.2 Å². The SMILES string of the molecule is COc1cc(OCc2ccc(C3CCCCCCC3)cc2)ccc1CN(CC(F)(F)F)C(=O)C1(CCCCNC(=O)CN)c2ccccc2-c2ccccc21. The minimum Gasteiger partial charge on any atom is -0.496 e. The van der Waals surface area contributed by atoms with E-state index < -0.39 is 24.0 Å². The van der Waals surface area contributed by atoms with Crippen molar-refractivity contribution in [3.8, 4) is 22.6 Å². The second-order valence-corrected chi connectivity index (χ2v) is 14.8. The number of carbonyl (C=O) groups is 2. The quantitative estimate of drug-likeness (QED) is 0.118. The number of rotatable bonds is 15. The summed E-state index contributed by atoms with van der Waals surface area (Å²) in [4.78, 5) is 27.7. The van der Waals surface area contributed by atoms with Crippen LogP contribution in [0, 0.1) is 0 Å². The summed E-state index contributed by atoms with van der Waals surface area (Å²) < 4.78 is 55.1. The van der Waals surface area contributed by atoms with Crippen molar-refractivity contribution in [2.75, 3.05) is 26.7 Å². The summed E-state index contributed by atoms with van der Waals surface area (Å²) >= 11 is 0. The third-order valence-corrected chi connectivity index (χ3v) is 11.2. The highest BCUT2D eigenvalue weighted by molar-refractivity contribution is 6.00. The Bertz CT molecular complexity index is 1860. The number of benzene rings is 4. The molecule has 0 heterocycles. The average molecular weight is 756 g/mol. The Balaban J connectivity index is 1.23. The van der Waals surface area contributed by atoms with Gasteiger partial charge in [0.25, 0.3) is 0 Å². The molecule has 0 unspecified atom stereocenters. The van der Waals surface area contributed by atoms with Gasteiger partial charge in [0.2, 0.25) is 11.8 Å². The van der Waals surface area contributed by atoms with Crippen molar-refractivity contribution >= 4 is 11.8 Å². The Morgan fingerprint density at radius 3 is 2.11 bits per heavy atom. The van der Waals surface area contributed by atoms with Crippen LogP contribution in [0.5, 0.6) is 11.5 Å². The van der Waals surface area contributed by atoms with Gasteiger partial charge < -0.3 is 25.4 Å². The van der Waals surface area contributed by atoms with E-state index in [0.717, 1.165) is 21.6 Å². The average Bonchev–Trinajstić information content (AvgIpc) is 3.46. The highest BCUT2D eigenvalue weighted by Crippen LogP contribution is 2.52. The number of fused-ring (bicyclic) bond motifs is 3. The van der Waals surface area contributed by atoms with Gasteiger partial charge in [-0.25, -0.2) is 0 Å². The van der Waals surface area contributed by atoms with E-state index >= 15 is 4.79 Å². The second kappa shape index (κ2) is 18.2. The van der Waals surface area contributed by atoms with Gasteiger partial charge in [-0.3, -0.25) is 9.59 Å². The number of hydrogen-bond donors (Lipinski definition) is 2. The van der Waals surface area contributed by atoms with Gasteiger partial charge in [-0.1, -0.05) is 105 Å². The van der Waals surface area contributed by atoms with Gasteiger partial charge in [0.1, 0.15) is 30.1 Å². The Morgan fingerprint density at radius 2 is 1.49 bits per heavy atom. The number of nitrogens with zero attached hydrogens (tertiary/aromatic N) is 1. The summed E-state index contributed by atoms with van der Waals surface area (Å²) in [6, 6.07) is 28.5. The molecule has 0 spiro atoms. The lowest BCUT2D eigenvalue weighted by Gasteiger charge is -2.37. The molecule has 0 bridgehead atoms. The molecule has 0 aliphatic heterocycles. The number of amides is 2. The van der Waals surface area contributed by atoms with Crippen molar-refractivity contribution in [3.63, 3.8) is 0 Å². The Kier molecular flexibility index (Phi) is 13.2. The van der Waals surface area contributed by atoms with Crippen molar-refractivity contribution in [1.29, 1.82) is 0 Å². The van der Waals surface area contributed by atoms with Crippen molar-refractivity contribution < 1.29 is 32.2 Å². The van der Waals surface area contributed by atoms with Crippen molar-refractivity contribution in [1.82, 2.24) is 10.2 Å². The molecule has 3 N–H and O–H groups in total. The Hall–Kier alpha value is -4.83. The van der Waals surface area contributed by atoms with Crippen LogP contribution in [0.4, 0.5) is 13.2 Å². The number of unbranched alkanes of at least 4 members (excludes halogenated alkanes) is 1. The van der Waals surface area contributed by atoms with Crippen LogP contribution >= 0.6 is 0 Å². The molecule has 4 aromatic rings. The molecule has 1 fully saturated rings. The zero-order chi connectivity index (χ0) is 38.8. The highest BCUT2D eigenvalue weighted by Gasteiger charge is 2.51. The Labute approximate surface area is 322 Å². The van der Waals surface area contributed by atoms with E-state index in [4.69, 9.17) is 15.2 Å². The van der Waals surface area contributed by atoms with Gasteiger partial charge in [-0.15, -0.1) is 0 Å². The molecule has 292 valence electrons. The zero-order valence-corrected chi connectivity index (χ0v) is 31.6. The van der Waals surface area contributed by atoms with E-state index in [-0.39, 0.29) is 25.4 Å². The first-order chi connectivity index (χ1) is 26.6. The maximum atomic E-state index is 15.1. The van der Waals surface area contributed by atoms with Gasteiger partial charge in [0.05, 0.1) is 13.7 Å². The molecular weight excluding hydrogens is 704 g/mol. The lowest BCUT2D eigenvalue weighted by atomic mass is 9.73. The number of nitrogens with one attached hydrogen (secondary N) is 1. The Morgan fingerprint density at radius 1 is 0.855 bits per heavy atom. The molecule has 2 amide bonds. The van der Waals surface area contributed by atoms with Crippen LogP contribution in [0.3, 0.4) is 0 Å². The minimum atomic E-state index is -4.66. The third-order valence-electron chi connectivity index (χ3n) is 11.2. The van der Waals surface area contributed by atoms with E-state index in [2.05, 4.69) is 29.6 Å². The van der Waals surface area contributed by atoms with Crippen molar-refractivity contribution in [2.24, 2.45) is 5.73 Å². The molecular formula is C45H52F3N3O4. The number of alkyl halides is 3. The van der Waals surface area contributed by atoms with Crippen LogP contribution in [0.15, 0.2) is 91.0 Å². The van der Waals surface area contributed by atoms with E-state index in [1.165, 1.54) is 57.6 Å². The third kappa shape index (κ3) is 9.53. The smallest absolute Gasteiger partial charge is 0.406 e. The molecule has 0 atom stereocenters. The fourth-order valence-corrected chi connectivity index (χ4v) is 8.43. The molecule has 4 aromatic carbocycles. The zero-order valence-electron chi connectivity index (χ0n) is 31.6. The molecule has 0 radical (unpaired) electrons. The van der Waals surface area contributed by atoms with Gasteiger partial charge >= 0.3 is 6.18 Å². The topological polar surface area (TPSA) is 93.9 Å². The first-order valence-corrected chi connectivity index (χ1v) is 19.5. The fraction of sp³-hybridized carbons (Fsp3) is 0.422. The van der Waals surface area contributed by atoms with Crippen LogP contribution in [0.2, 0.25) is 0 Å². The summed E-state index contributed by atoms with van der Waals surface area (Å²) in [7, 11) is 1.46. The fourth-order valence-electron chi connectivity index (χ4n) is 8.43. The van der Waals surface area contributed by atoms with Crippen LogP contribution in [0.25, 0.3) is 11.1 Å². The standard InChI is InChI=1S/C45H52F3N3O4/c1-54-41-27-36(55-30-32-19-21-34(22-20-32)33-13-5-3-2-4-6-14-33)24-23-35(41)29-51(31-45(46,47)48)43(53)44(25-11-12-26-50-42(52)28-49)39-17-9-7-15-37(39)38-16-8-10-18-40(38)44/h7-10,15-24,27,33H,2-6,11-14,25-26,28-31,49H2,1H3,(H,50,52). The summed E-state index contributed by atoms with van der Waals surface area (Å²) in [6.45, 7) is -1.25. The summed E-state index contributed by atoms with van der Waals surface area (Å²) in [5, 5.41) is 2.75. The maximum Gasteiger partial charge on any atom is 0.406 e. The predicted molar refractivity (Wildman–Crippen MR) is 209 cm³/mol. The molecule has 1 saturated carbocycles. The second-order valence-electron chi connectivity index (χ2n) is 14.8. The number of methoxy groups -OCH3 is 1. The lowest BCUT2D eigenvalue weighted by molar-refractivity contribution is -0.165. The summed E-state index contributed by atoms with van der Waals surface area (Å²) in [6.07, 6.45) is 5.53. The lowest BCUT2D eigenvalue weighted by Crippen LogP contribution is -2.49. The van der Waals surface area contributed by atoms with Gasteiger partial charge in [0, 0.05) is 24.7 Å².